The Hall–Kier alpha value is -0.860. The van der Waals surface area contributed by atoms with Gasteiger partial charge in [0.25, 0.3) is 0 Å². The first-order valence-electron chi connectivity index (χ1n) is 6.20. The van der Waals surface area contributed by atoms with Gasteiger partial charge in [-0.25, -0.2) is 0 Å². The van der Waals surface area contributed by atoms with E-state index >= 15 is 0 Å². The van der Waals surface area contributed by atoms with Gasteiger partial charge in [-0.2, -0.15) is 0 Å². The zero-order chi connectivity index (χ0) is 11.4. The first-order chi connectivity index (χ1) is 7.68. The maximum atomic E-state index is 10.5. The summed E-state index contributed by atoms with van der Waals surface area (Å²) in [6.45, 7) is 3.01. The summed E-state index contributed by atoms with van der Waals surface area (Å²) in [5, 5.41) is 14.0. The zero-order valence-electron chi connectivity index (χ0n) is 9.95. The van der Waals surface area contributed by atoms with Crippen molar-refractivity contribution in [2.24, 2.45) is 0 Å². The molecule has 2 N–H and O–H groups in total. The Labute approximate surface area is 97.7 Å². The molecule has 1 heterocycles. The van der Waals surface area contributed by atoms with E-state index in [0.717, 1.165) is 18.5 Å². The van der Waals surface area contributed by atoms with Gasteiger partial charge in [0, 0.05) is 6.04 Å². The van der Waals surface area contributed by atoms with Gasteiger partial charge in [-0.3, -0.25) is 0 Å². The third kappa shape index (κ3) is 2.83. The van der Waals surface area contributed by atoms with Gasteiger partial charge in [0.15, 0.2) is 0 Å². The molecule has 1 aliphatic rings. The van der Waals surface area contributed by atoms with E-state index in [1.165, 1.54) is 19.3 Å². The minimum Gasteiger partial charge on any atom is -0.385 e. The molecule has 88 valence electrons. The lowest BCUT2D eigenvalue weighted by atomic mass is 9.86. The van der Waals surface area contributed by atoms with Crippen molar-refractivity contribution in [2.45, 2.75) is 44.2 Å². The summed E-state index contributed by atoms with van der Waals surface area (Å²) in [5.74, 6) is 0. The van der Waals surface area contributed by atoms with E-state index in [9.17, 15) is 5.11 Å². The SMILES string of the molecule is CC(O)(C[C@@H]1CCCCN1)c1ccccc1. The van der Waals surface area contributed by atoms with Gasteiger partial charge in [-0.05, 0) is 38.3 Å². The molecule has 0 aliphatic carbocycles. The molecular formula is C14H21NO. The second kappa shape index (κ2) is 4.98. The molecule has 2 rings (SSSR count). The van der Waals surface area contributed by atoms with Crippen LogP contribution < -0.4 is 5.32 Å². The second-order valence-corrected chi connectivity index (χ2v) is 4.99. The number of hydrogen-bond acceptors (Lipinski definition) is 2. The van der Waals surface area contributed by atoms with E-state index in [0.29, 0.717) is 6.04 Å². The number of rotatable bonds is 3. The molecule has 16 heavy (non-hydrogen) atoms. The van der Waals surface area contributed by atoms with Crippen LogP contribution in [-0.4, -0.2) is 17.7 Å². The third-order valence-electron chi connectivity index (χ3n) is 3.45. The van der Waals surface area contributed by atoms with E-state index in [-0.39, 0.29) is 0 Å². The minimum atomic E-state index is -0.712. The Morgan fingerprint density at radius 3 is 2.69 bits per heavy atom. The summed E-state index contributed by atoms with van der Waals surface area (Å²) >= 11 is 0. The van der Waals surface area contributed by atoms with Crippen LogP contribution in [0, 0.1) is 0 Å². The molecule has 2 heteroatoms. The summed E-state index contributed by atoms with van der Waals surface area (Å²) in [6, 6.07) is 10.4. The monoisotopic (exact) mass is 219 g/mol. The molecule has 0 amide bonds. The lowest BCUT2D eigenvalue weighted by Gasteiger charge is -2.31. The number of nitrogens with one attached hydrogen (secondary N) is 1. The van der Waals surface area contributed by atoms with Crippen LogP contribution in [0.3, 0.4) is 0 Å². The van der Waals surface area contributed by atoms with Gasteiger partial charge in [-0.15, -0.1) is 0 Å². The molecule has 1 unspecified atom stereocenters. The average molecular weight is 219 g/mol. The fourth-order valence-electron chi connectivity index (χ4n) is 2.49. The van der Waals surface area contributed by atoms with E-state index < -0.39 is 5.60 Å². The summed E-state index contributed by atoms with van der Waals surface area (Å²) in [5.41, 5.74) is 0.304. The van der Waals surface area contributed by atoms with Crippen LogP contribution in [0.4, 0.5) is 0 Å². The maximum Gasteiger partial charge on any atom is 0.0883 e. The van der Waals surface area contributed by atoms with Gasteiger partial charge in [-0.1, -0.05) is 36.8 Å². The van der Waals surface area contributed by atoms with Crippen LogP contribution in [0.2, 0.25) is 0 Å². The number of benzene rings is 1. The van der Waals surface area contributed by atoms with Crippen molar-refractivity contribution in [1.29, 1.82) is 0 Å². The van der Waals surface area contributed by atoms with Crippen molar-refractivity contribution in [1.82, 2.24) is 5.32 Å². The predicted molar refractivity (Wildman–Crippen MR) is 66.3 cm³/mol. The molecular weight excluding hydrogens is 198 g/mol. The number of hydrogen-bond donors (Lipinski definition) is 2. The van der Waals surface area contributed by atoms with Gasteiger partial charge < -0.3 is 10.4 Å². The maximum absolute atomic E-state index is 10.5. The standard InChI is InChI=1S/C14H21NO/c1-14(16,12-7-3-2-4-8-12)11-13-9-5-6-10-15-13/h2-4,7-8,13,15-16H,5-6,9-11H2,1H3/t13-,14?/m0/s1. The van der Waals surface area contributed by atoms with Crippen LogP contribution in [-0.2, 0) is 5.60 Å². The summed E-state index contributed by atoms with van der Waals surface area (Å²) in [4.78, 5) is 0. The van der Waals surface area contributed by atoms with Crippen molar-refractivity contribution >= 4 is 0 Å². The van der Waals surface area contributed by atoms with Crippen molar-refractivity contribution in [2.75, 3.05) is 6.54 Å². The first-order valence-corrected chi connectivity index (χ1v) is 6.20. The molecule has 0 radical (unpaired) electrons. The highest BCUT2D eigenvalue weighted by molar-refractivity contribution is 5.21. The molecule has 1 aromatic carbocycles. The average Bonchev–Trinajstić information content (AvgIpc) is 2.31. The number of piperidine rings is 1. The summed E-state index contributed by atoms with van der Waals surface area (Å²) in [7, 11) is 0. The highest BCUT2D eigenvalue weighted by Crippen LogP contribution is 2.27. The van der Waals surface area contributed by atoms with Gasteiger partial charge in [0.1, 0.15) is 0 Å². The lowest BCUT2D eigenvalue weighted by molar-refractivity contribution is 0.0332. The first kappa shape index (κ1) is 11.6. The lowest BCUT2D eigenvalue weighted by Crippen LogP contribution is -2.39. The fraction of sp³-hybridized carbons (Fsp3) is 0.571. The Morgan fingerprint density at radius 2 is 2.06 bits per heavy atom. The Kier molecular flexibility index (Phi) is 3.62. The molecule has 1 fully saturated rings. The highest BCUT2D eigenvalue weighted by atomic mass is 16.3. The van der Waals surface area contributed by atoms with Crippen LogP contribution in [0.15, 0.2) is 30.3 Å². The van der Waals surface area contributed by atoms with Gasteiger partial charge in [0.2, 0.25) is 0 Å². The van der Waals surface area contributed by atoms with Crippen LogP contribution in [0.1, 0.15) is 38.2 Å². The molecule has 0 bridgehead atoms. The minimum absolute atomic E-state index is 0.462. The molecule has 0 saturated carbocycles. The van der Waals surface area contributed by atoms with E-state index in [1.807, 2.05) is 37.3 Å². The Morgan fingerprint density at radius 1 is 1.31 bits per heavy atom. The van der Waals surface area contributed by atoms with Crippen molar-refractivity contribution in [3.05, 3.63) is 35.9 Å². The predicted octanol–water partition coefficient (Wildman–Crippen LogP) is 2.43. The van der Waals surface area contributed by atoms with Crippen molar-refractivity contribution < 1.29 is 5.11 Å². The molecule has 0 spiro atoms. The molecule has 2 nitrogen and oxygen atoms in total. The van der Waals surface area contributed by atoms with Crippen molar-refractivity contribution in [3.63, 3.8) is 0 Å². The van der Waals surface area contributed by atoms with Crippen molar-refractivity contribution in [3.8, 4) is 0 Å². The van der Waals surface area contributed by atoms with E-state index in [1.54, 1.807) is 0 Å². The van der Waals surface area contributed by atoms with Crippen LogP contribution >= 0.6 is 0 Å². The molecule has 1 aromatic rings. The normalized spacial score (nSPS) is 25.0. The van der Waals surface area contributed by atoms with E-state index in [4.69, 9.17) is 0 Å². The third-order valence-corrected chi connectivity index (χ3v) is 3.45. The largest absolute Gasteiger partial charge is 0.385 e. The second-order valence-electron chi connectivity index (χ2n) is 4.99. The Balaban J connectivity index is 2.01. The fourth-order valence-corrected chi connectivity index (χ4v) is 2.49. The topological polar surface area (TPSA) is 32.3 Å². The summed E-state index contributed by atoms with van der Waals surface area (Å²) < 4.78 is 0. The quantitative estimate of drug-likeness (QED) is 0.818. The molecule has 2 atom stereocenters. The van der Waals surface area contributed by atoms with Crippen LogP contribution in [0.5, 0.6) is 0 Å². The Bertz CT molecular complexity index is 315. The van der Waals surface area contributed by atoms with Gasteiger partial charge >= 0.3 is 0 Å². The highest BCUT2D eigenvalue weighted by Gasteiger charge is 2.27. The zero-order valence-corrected chi connectivity index (χ0v) is 9.95. The van der Waals surface area contributed by atoms with Gasteiger partial charge in [0.05, 0.1) is 5.60 Å². The molecule has 1 aliphatic heterocycles. The smallest absolute Gasteiger partial charge is 0.0883 e. The van der Waals surface area contributed by atoms with Crippen LogP contribution in [0.25, 0.3) is 0 Å². The molecule has 0 aromatic heterocycles. The van der Waals surface area contributed by atoms with E-state index in [2.05, 4.69) is 5.32 Å². The molecule has 1 saturated heterocycles. The summed E-state index contributed by atoms with van der Waals surface area (Å²) in [6.07, 6.45) is 4.53. The number of aliphatic hydroxyl groups is 1.